The van der Waals surface area contributed by atoms with Gasteiger partial charge in [0.05, 0.1) is 17.5 Å². The van der Waals surface area contributed by atoms with E-state index in [1.165, 1.54) is 38.5 Å². The summed E-state index contributed by atoms with van der Waals surface area (Å²) in [5.41, 5.74) is 2.43. The molecule has 7 heteroatoms. The van der Waals surface area contributed by atoms with Crippen molar-refractivity contribution in [2.75, 3.05) is 18.4 Å². The fourth-order valence-electron chi connectivity index (χ4n) is 6.78. The molecule has 0 amide bonds. The van der Waals surface area contributed by atoms with Crippen molar-refractivity contribution >= 4 is 15.8 Å². The second-order valence-electron chi connectivity index (χ2n) is 10.1. The third kappa shape index (κ3) is 3.15. The molecule has 1 aromatic heterocycles. The highest BCUT2D eigenvalue weighted by Gasteiger charge is 2.50. The molecule has 4 aliphatic carbocycles. The van der Waals surface area contributed by atoms with E-state index in [0.717, 1.165) is 41.4 Å². The van der Waals surface area contributed by atoms with Gasteiger partial charge in [-0.3, -0.25) is 0 Å². The number of fused-ring (bicyclic) bond motifs is 1. The third-order valence-corrected chi connectivity index (χ3v) is 9.95. The van der Waals surface area contributed by atoms with Crippen LogP contribution < -0.4 is 5.32 Å². The second-order valence-corrected chi connectivity index (χ2v) is 12.6. The molecule has 28 heavy (non-hydrogen) atoms. The Balaban J connectivity index is 1.32. The van der Waals surface area contributed by atoms with Gasteiger partial charge in [-0.2, -0.15) is 4.31 Å². The smallest absolute Gasteiger partial charge is 0.216 e. The first-order valence-corrected chi connectivity index (χ1v) is 12.4. The maximum Gasteiger partial charge on any atom is 0.216 e. The van der Waals surface area contributed by atoms with Crippen LogP contribution in [0.25, 0.3) is 0 Å². The Labute approximate surface area is 168 Å². The molecule has 0 radical (unpaired) electrons. The summed E-state index contributed by atoms with van der Waals surface area (Å²) < 4.78 is 26.6. The SMILES string of the molecule is CC(C)S(=O)(=O)N1CCc2c(ncnc2NCC23CC4CC(CC(C4)C2)C3)C1. The van der Waals surface area contributed by atoms with E-state index < -0.39 is 15.3 Å². The van der Waals surface area contributed by atoms with Gasteiger partial charge in [-0.15, -0.1) is 0 Å². The number of rotatable bonds is 5. The number of aromatic nitrogens is 2. The summed E-state index contributed by atoms with van der Waals surface area (Å²) in [6.45, 7) is 5.37. The van der Waals surface area contributed by atoms with Crippen molar-refractivity contribution < 1.29 is 8.42 Å². The Hall–Kier alpha value is -1.21. The normalized spacial score (nSPS) is 34.6. The van der Waals surface area contributed by atoms with E-state index in [0.29, 0.717) is 24.9 Å². The van der Waals surface area contributed by atoms with Gasteiger partial charge in [0.25, 0.3) is 0 Å². The van der Waals surface area contributed by atoms with Crippen molar-refractivity contribution in [1.29, 1.82) is 0 Å². The zero-order chi connectivity index (χ0) is 19.5. The van der Waals surface area contributed by atoms with Gasteiger partial charge in [0.2, 0.25) is 10.0 Å². The lowest BCUT2D eigenvalue weighted by Crippen LogP contribution is -2.49. The van der Waals surface area contributed by atoms with Crippen molar-refractivity contribution in [2.45, 2.75) is 70.6 Å². The van der Waals surface area contributed by atoms with Crippen LogP contribution in [-0.2, 0) is 23.0 Å². The van der Waals surface area contributed by atoms with Crippen LogP contribution in [0.4, 0.5) is 5.82 Å². The molecule has 2 heterocycles. The van der Waals surface area contributed by atoms with E-state index in [4.69, 9.17) is 0 Å². The van der Waals surface area contributed by atoms with Crippen LogP contribution in [0.2, 0.25) is 0 Å². The monoisotopic (exact) mass is 404 g/mol. The summed E-state index contributed by atoms with van der Waals surface area (Å²) in [7, 11) is -3.25. The molecular weight excluding hydrogens is 372 g/mol. The van der Waals surface area contributed by atoms with E-state index in [-0.39, 0.29) is 0 Å². The Morgan fingerprint density at radius 3 is 2.39 bits per heavy atom. The number of anilines is 1. The summed E-state index contributed by atoms with van der Waals surface area (Å²) in [5, 5.41) is 3.29. The fourth-order valence-corrected chi connectivity index (χ4v) is 8.02. The van der Waals surface area contributed by atoms with Crippen molar-refractivity contribution in [3.8, 4) is 0 Å². The van der Waals surface area contributed by atoms with Gasteiger partial charge in [-0.1, -0.05) is 0 Å². The first-order chi connectivity index (χ1) is 13.3. The third-order valence-electron chi connectivity index (χ3n) is 7.72. The molecule has 4 bridgehead atoms. The summed E-state index contributed by atoms with van der Waals surface area (Å²) >= 11 is 0. The van der Waals surface area contributed by atoms with Gasteiger partial charge in [-0.25, -0.2) is 18.4 Å². The maximum absolute atomic E-state index is 12.5. The van der Waals surface area contributed by atoms with Gasteiger partial charge >= 0.3 is 0 Å². The van der Waals surface area contributed by atoms with E-state index in [9.17, 15) is 8.42 Å². The predicted octanol–water partition coefficient (Wildman–Crippen LogP) is 3.20. The highest BCUT2D eigenvalue weighted by atomic mass is 32.2. The molecule has 0 spiro atoms. The highest BCUT2D eigenvalue weighted by Crippen LogP contribution is 2.59. The topological polar surface area (TPSA) is 75.2 Å². The lowest BCUT2D eigenvalue weighted by molar-refractivity contribution is -0.0444. The van der Waals surface area contributed by atoms with Crippen molar-refractivity contribution in [1.82, 2.24) is 14.3 Å². The van der Waals surface area contributed by atoms with E-state index in [2.05, 4.69) is 15.3 Å². The standard InChI is InChI=1S/C21H32N4O2S/c1-14(2)28(26,27)25-4-3-18-19(11-25)23-13-24-20(18)22-12-21-8-15-5-16(9-21)7-17(6-15)10-21/h13-17H,3-12H2,1-2H3,(H,22,23,24). The molecule has 6 nitrogen and oxygen atoms in total. The summed E-state index contributed by atoms with van der Waals surface area (Å²) in [5.74, 6) is 3.77. The Morgan fingerprint density at radius 1 is 1.14 bits per heavy atom. The Kier molecular flexibility index (Phi) is 4.47. The molecular formula is C21H32N4O2S. The van der Waals surface area contributed by atoms with E-state index >= 15 is 0 Å². The van der Waals surface area contributed by atoms with Crippen LogP contribution in [0.15, 0.2) is 6.33 Å². The molecule has 1 aromatic rings. The molecule has 0 saturated heterocycles. The Bertz CT molecular complexity index is 832. The summed E-state index contributed by atoms with van der Waals surface area (Å²) in [6.07, 6.45) is 10.8. The largest absolute Gasteiger partial charge is 0.369 e. The van der Waals surface area contributed by atoms with Crippen LogP contribution in [0.3, 0.4) is 0 Å². The zero-order valence-electron chi connectivity index (χ0n) is 17.0. The molecule has 6 rings (SSSR count). The lowest BCUT2D eigenvalue weighted by Gasteiger charge is -2.57. The van der Waals surface area contributed by atoms with Crippen molar-refractivity contribution in [2.24, 2.45) is 23.2 Å². The van der Waals surface area contributed by atoms with Crippen LogP contribution in [0, 0.1) is 23.2 Å². The minimum atomic E-state index is -3.25. The summed E-state index contributed by atoms with van der Waals surface area (Å²) in [6, 6.07) is 0. The number of hydrogen-bond acceptors (Lipinski definition) is 5. The minimum absolute atomic E-state index is 0.365. The second kappa shape index (κ2) is 6.66. The zero-order valence-corrected chi connectivity index (χ0v) is 17.8. The molecule has 0 aromatic carbocycles. The predicted molar refractivity (Wildman–Crippen MR) is 109 cm³/mol. The van der Waals surface area contributed by atoms with Crippen LogP contribution in [-0.4, -0.2) is 41.0 Å². The molecule has 154 valence electrons. The van der Waals surface area contributed by atoms with Crippen LogP contribution in [0.5, 0.6) is 0 Å². The van der Waals surface area contributed by atoms with Gasteiger partial charge < -0.3 is 5.32 Å². The number of nitrogens with one attached hydrogen (secondary N) is 1. The fraction of sp³-hybridized carbons (Fsp3) is 0.810. The van der Waals surface area contributed by atoms with Gasteiger partial charge in [-0.05, 0) is 82.0 Å². The minimum Gasteiger partial charge on any atom is -0.369 e. The number of hydrogen-bond donors (Lipinski definition) is 1. The first kappa shape index (κ1) is 18.8. The lowest BCUT2D eigenvalue weighted by atomic mass is 9.49. The highest BCUT2D eigenvalue weighted by molar-refractivity contribution is 7.89. The molecule has 0 unspecified atom stereocenters. The molecule has 1 N–H and O–H groups in total. The quantitative estimate of drug-likeness (QED) is 0.816. The van der Waals surface area contributed by atoms with Gasteiger partial charge in [0, 0.05) is 18.7 Å². The maximum atomic E-state index is 12.5. The molecule has 4 fully saturated rings. The van der Waals surface area contributed by atoms with E-state index in [1.807, 2.05) is 0 Å². The number of sulfonamides is 1. The van der Waals surface area contributed by atoms with E-state index in [1.54, 1.807) is 24.5 Å². The first-order valence-electron chi connectivity index (χ1n) is 10.9. The Morgan fingerprint density at radius 2 is 1.79 bits per heavy atom. The summed E-state index contributed by atoms with van der Waals surface area (Å²) in [4.78, 5) is 8.96. The van der Waals surface area contributed by atoms with Crippen molar-refractivity contribution in [3.05, 3.63) is 17.6 Å². The molecule has 4 saturated carbocycles. The van der Waals surface area contributed by atoms with Gasteiger partial charge in [0.15, 0.2) is 0 Å². The molecule has 0 atom stereocenters. The number of nitrogens with zero attached hydrogens (tertiary/aromatic N) is 3. The van der Waals surface area contributed by atoms with Gasteiger partial charge in [0.1, 0.15) is 12.1 Å². The molecule has 5 aliphatic rings. The molecule has 1 aliphatic heterocycles. The average Bonchev–Trinajstić information content (AvgIpc) is 2.64. The van der Waals surface area contributed by atoms with Crippen molar-refractivity contribution in [3.63, 3.8) is 0 Å². The van der Waals surface area contributed by atoms with Crippen LogP contribution in [0.1, 0.15) is 63.6 Å². The van der Waals surface area contributed by atoms with Crippen LogP contribution >= 0.6 is 0 Å². The average molecular weight is 405 g/mol.